The summed E-state index contributed by atoms with van der Waals surface area (Å²) in [5.41, 5.74) is 2.42. The Morgan fingerprint density at radius 3 is 2.52 bits per heavy atom. The molecule has 0 saturated heterocycles. The summed E-state index contributed by atoms with van der Waals surface area (Å²) in [5.74, 6) is 1.50. The molecule has 2 aromatic carbocycles. The van der Waals surface area contributed by atoms with Crippen LogP contribution in [0.4, 0.5) is 0 Å². The van der Waals surface area contributed by atoms with E-state index in [0.29, 0.717) is 6.61 Å². The summed E-state index contributed by atoms with van der Waals surface area (Å²) < 4.78 is 11.9. The van der Waals surface area contributed by atoms with Gasteiger partial charge >= 0.3 is 0 Å². The van der Waals surface area contributed by atoms with E-state index in [1.807, 2.05) is 25.1 Å². The molecular weight excluding hydrogens is 378 g/mol. The highest BCUT2D eigenvalue weighted by Gasteiger charge is 2.10. The fourth-order valence-electron chi connectivity index (χ4n) is 2.30. The Bertz CT molecular complexity index is 632. The van der Waals surface area contributed by atoms with Crippen LogP contribution in [-0.2, 0) is 13.0 Å². The van der Waals surface area contributed by atoms with E-state index in [2.05, 4.69) is 39.4 Å². The number of rotatable bonds is 8. The number of nitrogens with one attached hydrogen (secondary N) is 1. The number of benzene rings is 2. The third-order valence-corrected chi connectivity index (χ3v) is 4.25. The van der Waals surface area contributed by atoms with Gasteiger partial charge in [0.05, 0.1) is 18.2 Å². The molecule has 23 heavy (non-hydrogen) atoms. The molecule has 5 heteroatoms. The molecule has 0 bridgehead atoms. The van der Waals surface area contributed by atoms with Crippen molar-refractivity contribution in [2.75, 3.05) is 20.3 Å². The highest BCUT2D eigenvalue weighted by molar-refractivity contribution is 9.10. The van der Waals surface area contributed by atoms with Crippen LogP contribution in [0.2, 0.25) is 5.02 Å². The van der Waals surface area contributed by atoms with Crippen LogP contribution in [0.25, 0.3) is 0 Å². The van der Waals surface area contributed by atoms with Crippen LogP contribution in [0.15, 0.2) is 40.9 Å². The number of hydrogen-bond donors (Lipinski definition) is 1. The molecule has 0 fully saturated rings. The van der Waals surface area contributed by atoms with Crippen molar-refractivity contribution in [2.45, 2.75) is 19.9 Å². The van der Waals surface area contributed by atoms with Gasteiger partial charge in [0, 0.05) is 11.6 Å². The largest absolute Gasteiger partial charge is 0.492 e. The Labute approximate surface area is 151 Å². The summed E-state index contributed by atoms with van der Waals surface area (Å²) in [4.78, 5) is 0. The third kappa shape index (κ3) is 5.41. The summed E-state index contributed by atoms with van der Waals surface area (Å²) in [6.45, 7) is 4.24. The highest BCUT2D eigenvalue weighted by atomic mass is 79.9. The second-order valence-corrected chi connectivity index (χ2v) is 6.39. The van der Waals surface area contributed by atoms with E-state index in [9.17, 15) is 0 Å². The minimum absolute atomic E-state index is 0.607. The van der Waals surface area contributed by atoms with Crippen molar-refractivity contribution in [1.29, 1.82) is 0 Å². The average molecular weight is 399 g/mol. The first-order chi connectivity index (χ1) is 11.1. The summed E-state index contributed by atoms with van der Waals surface area (Å²) in [6.07, 6.45) is 0.965. The van der Waals surface area contributed by atoms with Crippen LogP contribution >= 0.6 is 27.5 Å². The fraction of sp³-hybridized carbons (Fsp3) is 0.333. The van der Waals surface area contributed by atoms with Crippen molar-refractivity contribution in [1.82, 2.24) is 5.32 Å². The Morgan fingerprint density at radius 1 is 1.13 bits per heavy atom. The molecule has 0 aliphatic rings. The minimum Gasteiger partial charge on any atom is -0.492 e. The Kier molecular flexibility index (Phi) is 7.21. The minimum atomic E-state index is 0.607. The van der Waals surface area contributed by atoms with Gasteiger partial charge in [-0.1, -0.05) is 23.7 Å². The zero-order chi connectivity index (χ0) is 16.7. The highest BCUT2D eigenvalue weighted by Crippen LogP contribution is 2.36. The van der Waals surface area contributed by atoms with Gasteiger partial charge in [-0.25, -0.2) is 0 Å². The number of methoxy groups -OCH3 is 1. The molecule has 0 amide bonds. The lowest BCUT2D eigenvalue weighted by Crippen LogP contribution is -2.16. The fourth-order valence-corrected chi connectivity index (χ4v) is 3.08. The second kappa shape index (κ2) is 9.16. The molecule has 3 nitrogen and oxygen atoms in total. The quantitative estimate of drug-likeness (QED) is 0.645. The zero-order valence-electron chi connectivity index (χ0n) is 13.4. The summed E-state index contributed by atoms with van der Waals surface area (Å²) in [7, 11) is 1.65. The Morgan fingerprint density at radius 2 is 1.87 bits per heavy atom. The number of hydrogen-bond acceptors (Lipinski definition) is 3. The summed E-state index contributed by atoms with van der Waals surface area (Å²) in [6, 6.07) is 12.0. The molecule has 2 aromatic rings. The SMILES string of the molecule is CCOc1cc(CNCCc2ccc(Cl)cc2)cc(Br)c1OC. The van der Waals surface area contributed by atoms with Crippen LogP contribution in [0.1, 0.15) is 18.1 Å². The van der Waals surface area contributed by atoms with Crippen molar-refractivity contribution >= 4 is 27.5 Å². The average Bonchev–Trinajstić information content (AvgIpc) is 2.53. The van der Waals surface area contributed by atoms with Gasteiger partial charge in [-0.2, -0.15) is 0 Å². The maximum Gasteiger partial charge on any atom is 0.174 e. The lowest BCUT2D eigenvalue weighted by molar-refractivity contribution is 0.309. The molecule has 2 rings (SSSR count). The van der Waals surface area contributed by atoms with E-state index in [1.54, 1.807) is 7.11 Å². The van der Waals surface area contributed by atoms with Crippen LogP contribution in [0, 0.1) is 0 Å². The van der Waals surface area contributed by atoms with Crippen molar-refractivity contribution in [3.8, 4) is 11.5 Å². The Balaban J connectivity index is 1.91. The van der Waals surface area contributed by atoms with Gasteiger partial charge in [0.25, 0.3) is 0 Å². The van der Waals surface area contributed by atoms with Crippen molar-refractivity contribution < 1.29 is 9.47 Å². The van der Waals surface area contributed by atoms with Crippen molar-refractivity contribution in [3.63, 3.8) is 0 Å². The maximum absolute atomic E-state index is 5.89. The predicted molar refractivity (Wildman–Crippen MR) is 98.7 cm³/mol. The van der Waals surface area contributed by atoms with E-state index in [-0.39, 0.29) is 0 Å². The van der Waals surface area contributed by atoms with Gasteiger partial charge in [-0.05, 0) is 71.2 Å². The lowest BCUT2D eigenvalue weighted by atomic mass is 10.1. The van der Waals surface area contributed by atoms with Crippen LogP contribution < -0.4 is 14.8 Å². The standard InChI is InChI=1S/C18H21BrClNO2/c1-3-23-17-11-14(10-16(19)18(17)22-2)12-21-9-8-13-4-6-15(20)7-5-13/h4-7,10-11,21H,3,8-9,12H2,1-2H3. The maximum atomic E-state index is 5.89. The van der Waals surface area contributed by atoms with Crippen LogP contribution in [-0.4, -0.2) is 20.3 Å². The molecule has 0 unspecified atom stereocenters. The van der Waals surface area contributed by atoms with Gasteiger partial charge in [0.1, 0.15) is 0 Å². The lowest BCUT2D eigenvalue weighted by Gasteiger charge is -2.13. The Hall–Kier alpha value is -1.23. The van der Waals surface area contributed by atoms with E-state index in [4.69, 9.17) is 21.1 Å². The number of halogens is 2. The van der Waals surface area contributed by atoms with Gasteiger partial charge in [0.15, 0.2) is 11.5 Å². The van der Waals surface area contributed by atoms with E-state index >= 15 is 0 Å². The predicted octanol–water partition coefficient (Wildman–Crippen LogP) is 4.84. The van der Waals surface area contributed by atoms with Crippen molar-refractivity contribution in [2.24, 2.45) is 0 Å². The molecule has 1 N–H and O–H groups in total. The van der Waals surface area contributed by atoms with Crippen LogP contribution in [0.5, 0.6) is 11.5 Å². The molecule has 0 atom stereocenters. The first kappa shape index (κ1) is 18.1. The molecular formula is C18H21BrClNO2. The summed E-state index contributed by atoms with van der Waals surface area (Å²) >= 11 is 9.43. The third-order valence-electron chi connectivity index (χ3n) is 3.41. The van der Waals surface area contributed by atoms with Crippen molar-refractivity contribution in [3.05, 3.63) is 57.0 Å². The molecule has 124 valence electrons. The normalized spacial score (nSPS) is 10.6. The van der Waals surface area contributed by atoms with E-state index in [0.717, 1.165) is 46.1 Å². The van der Waals surface area contributed by atoms with E-state index in [1.165, 1.54) is 5.56 Å². The smallest absolute Gasteiger partial charge is 0.174 e. The first-order valence-electron chi connectivity index (χ1n) is 7.58. The monoisotopic (exact) mass is 397 g/mol. The first-order valence-corrected chi connectivity index (χ1v) is 8.75. The molecule has 0 radical (unpaired) electrons. The van der Waals surface area contributed by atoms with Gasteiger partial charge in [0.2, 0.25) is 0 Å². The zero-order valence-corrected chi connectivity index (χ0v) is 15.7. The van der Waals surface area contributed by atoms with E-state index < -0.39 is 0 Å². The molecule has 0 spiro atoms. The molecule has 0 aliphatic heterocycles. The second-order valence-electron chi connectivity index (χ2n) is 5.10. The molecule has 0 aliphatic carbocycles. The molecule has 0 heterocycles. The topological polar surface area (TPSA) is 30.5 Å². The number of ether oxygens (including phenoxy) is 2. The van der Waals surface area contributed by atoms with Crippen LogP contribution in [0.3, 0.4) is 0 Å². The van der Waals surface area contributed by atoms with Gasteiger partial charge < -0.3 is 14.8 Å². The molecule has 0 saturated carbocycles. The molecule has 0 aromatic heterocycles. The van der Waals surface area contributed by atoms with Gasteiger partial charge in [-0.15, -0.1) is 0 Å². The summed E-state index contributed by atoms with van der Waals surface area (Å²) in [5, 5.41) is 4.22. The van der Waals surface area contributed by atoms with Gasteiger partial charge in [-0.3, -0.25) is 0 Å².